The van der Waals surface area contributed by atoms with Crippen molar-refractivity contribution in [1.29, 1.82) is 0 Å². The van der Waals surface area contributed by atoms with Gasteiger partial charge in [0.25, 0.3) is 10.0 Å². The van der Waals surface area contributed by atoms with Gasteiger partial charge >= 0.3 is 12.1 Å². The lowest BCUT2D eigenvalue weighted by Gasteiger charge is -2.51. The largest absolute Gasteiger partial charge is 0.497 e. The summed E-state index contributed by atoms with van der Waals surface area (Å²) in [5.41, 5.74) is -1.22. The average molecular weight is 637 g/mol. The molecule has 9 nitrogen and oxygen atoms in total. The van der Waals surface area contributed by atoms with Crippen molar-refractivity contribution >= 4 is 27.5 Å². The molecule has 0 unspecified atom stereocenters. The SMILES string of the molecule is CCOC(=O)C(C)(C)N1CCN2c3ncc(-c4cc(F)cc(OC)c4)cc3N(S(=O)(=O)c3cccc(C(F)(F)F)c3)C[C@@H]2C1. The lowest BCUT2D eigenvalue weighted by Crippen LogP contribution is -2.65. The number of hydrogen-bond donors (Lipinski definition) is 0. The Bertz CT molecular complexity index is 1680. The first kappa shape index (κ1) is 31.5. The molecule has 3 heterocycles. The number of fused-ring (bicyclic) bond motifs is 3. The highest BCUT2D eigenvalue weighted by Crippen LogP contribution is 2.42. The predicted octanol–water partition coefficient (Wildman–Crippen LogP) is 4.96. The second-order valence-electron chi connectivity index (χ2n) is 11.1. The molecule has 1 fully saturated rings. The Hall–Kier alpha value is -3.91. The van der Waals surface area contributed by atoms with E-state index in [1.165, 1.54) is 31.5 Å². The molecule has 0 saturated carbocycles. The van der Waals surface area contributed by atoms with E-state index in [1.807, 2.05) is 9.80 Å². The maximum Gasteiger partial charge on any atom is 0.416 e. The molecule has 1 aromatic heterocycles. The number of aromatic nitrogens is 1. The number of anilines is 2. The fourth-order valence-electron chi connectivity index (χ4n) is 5.57. The Morgan fingerprint density at radius 3 is 2.48 bits per heavy atom. The monoisotopic (exact) mass is 636 g/mol. The average Bonchev–Trinajstić information content (AvgIpc) is 2.99. The summed E-state index contributed by atoms with van der Waals surface area (Å²) in [6, 6.07) is 8.62. The number of hydrogen-bond acceptors (Lipinski definition) is 8. The zero-order valence-corrected chi connectivity index (χ0v) is 25.4. The van der Waals surface area contributed by atoms with Crippen LogP contribution in [0.3, 0.4) is 0 Å². The molecule has 0 aliphatic carbocycles. The van der Waals surface area contributed by atoms with E-state index in [9.17, 15) is 30.8 Å². The van der Waals surface area contributed by atoms with E-state index in [4.69, 9.17) is 9.47 Å². The number of alkyl halides is 3. The highest BCUT2D eigenvalue weighted by Gasteiger charge is 2.46. The molecule has 0 spiro atoms. The highest BCUT2D eigenvalue weighted by atomic mass is 32.2. The van der Waals surface area contributed by atoms with Crippen LogP contribution in [0.2, 0.25) is 0 Å². The fourth-order valence-corrected chi connectivity index (χ4v) is 7.11. The number of halogens is 4. The highest BCUT2D eigenvalue weighted by molar-refractivity contribution is 7.92. The van der Waals surface area contributed by atoms with Gasteiger partial charge in [-0.05, 0) is 62.7 Å². The number of rotatable bonds is 7. The molecule has 3 aromatic rings. The number of ether oxygens (including phenoxy) is 2. The zero-order valence-electron chi connectivity index (χ0n) is 24.6. The summed E-state index contributed by atoms with van der Waals surface area (Å²) in [5, 5.41) is 0. The molecule has 1 saturated heterocycles. The molecule has 14 heteroatoms. The Labute approximate surface area is 253 Å². The van der Waals surface area contributed by atoms with Crippen LogP contribution in [-0.4, -0.2) is 75.7 Å². The van der Waals surface area contributed by atoms with Gasteiger partial charge < -0.3 is 14.4 Å². The van der Waals surface area contributed by atoms with Crippen molar-refractivity contribution in [1.82, 2.24) is 9.88 Å². The molecular formula is C30H32F4N4O5S. The lowest BCUT2D eigenvalue weighted by atomic mass is 9.98. The number of sulfonamides is 1. The van der Waals surface area contributed by atoms with Crippen LogP contribution in [0, 0.1) is 5.82 Å². The number of esters is 1. The Kier molecular flexibility index (Phi) is 8.27. The molecule has 2 aromatic carbocycles. The molecular weight excluding hydrogens is 604 g/mol. The van der Waals surface area contributed by atoms with E-state index in [0.29, 0.717) is 36.1 Å². The van der Waals surface area contributed by atoms with Gasteiger partial charge in [0.1, 0.15) is 17.1 Å². The van der Waals surface area contributed by atoms with Crippen molar-refractivity contribution in [2.75, 3.05) is 49.1 Å². The van der Waals surface area contributed by atoms with Crippen LogP contribution in [0.4, 0.5) is 29.1 Å². The maximum atomic E-state index is 14.4. The third-order valence-electron chi connectivity index (χ3n) is 8.00. The van der Waals surface area contributed by atoms with E-state index in [0.717, 1.165) is 22.5 Å². The summed E-state index contributed by atoms with van der Waals surface area (Å²) in [5.74, 6) is -0.457. The third kappa shape index (κ3) is 5.80. The van der Waals surface area contributed by atoms with Crippen LogP contribution < -0.4 is 13.9 Å². The summed E-state index contributed by atoms with van der Waals surface area (Å²) in [7, 11) is -3.16. The minimum absolute atomic E-state index is 0.137. The minimum atomic E-state index is -4.75. The molecule has 0 radical (unpaired) electrons. The normalized spacial score (nSPS) is 17.6. The molecule has 0 bridgehead atoms. The molecule has 236 valence electrons. The van der Waals surface area contributed by atoms with E-state index in [2.05, 4.69) is 4.98 Å². The number of benzene rings is 2. The third-order valence-corrected chi connectivity index (χ3v) is 9.78. The standard InChI is InChI=1S/C30H32F4N4O5S/c1-5-43-28(39)29(2,3)36-9-10-37-23(17-36)18-38(44(40,41)25-8-6-7-21(14-25)30(32,33)34)26-13-20(16-35-27(26)37)19-11-22(31)15-24(12-19)42-4/h6-8,11-16,23H,5,9-10,17-18H2,1-4H3/t23-/m0/s1. The predicted molar refractivity (Wildman–Crippen MR) is 156 cm³/mol. The van der Waals surface area contributed by atoms with Gasteiger partial charge in [0.2, 0.25) is 0 Å². The van der Waals surface area contributed by atoms with Crippen LogP contribution in [0.5, 0.6) is 5.75 Å². The first-order valence-electron chi connectivity index (χ1n) is 13.9. The van der Waals surface area contributed by atoms with E-state index in [1.54, 1.807) is 26.8 Å². The Balaban J connectivity index is 1.62. The van der Waals surface area contributed by atoms with Crippen molar-refractivity contribution < 1.29 is 40.2 Å². The van der Waals surface area contributed by atoms with E-state index in [-0.39, 0.29) is 31.1 Å². The van der Waals surface area contributed by atoms with Gasteiger partial charge in [-0.25, -0.2) is 17.8 Å². The summed E-state index contributed by atoms with van der Waals surface area (Å²) < 4.78 is 94.8. The second-order valence-corrected chi connectivity index (χ2v) is 12.9. The number of carbonyl (C=O) groups is 1. The van der Waals surface area contributed by atoms with Crippen LogP contribution in [0.15, 0.2) is 59.6 Å². The number of carbonyl (C=O) groups excluding carboxylic acids is 1. The summed E-state index contributed by atoms with van der Waals surface area (Å²) in [6.45, 7) is 6.30. The van der Waals surface area contributed by atoms with E-state index < -0.39 is 50.0 Å². The van der Waals surface area contributed by atoms with Crippen LogP contribution in [0.25, 0.3) is 11.1 Å². The molecule has 2 aliphatic heterocycles. The van der Waals surface area contributed by atoms with Crippen molar-refractivity contribution in [3.05, 3.63) is 66.1 Å². The summed E-state index contributed by atoms with van der Waals surface area (Å²) in [4.78, 5) is 20.7. The topological polar surface area (TPSA) is 92.3 Å². The van der Waals surface area contributed by atoms with E-state index >= 15 is 0 Å². The first-order chi connectivity index (χ1) is 20.7. The van der Waals surface area contributed by atoms with Crippen molar-refractivity contribution in [3.63, 3.8) is 0 Å². The van der Waals surface area contributed by atoms with Crippen molar-refractivity contribution in [3.8, 4) is 16.9 Å². The minimum Gasteiger partial charge on any atom is -0.497 e. The molecule has 2 aliphatic rings. The smallest absolute Gasteiger partial charge is 0.416 e. The lowest BCUT2D eigenvalue weighted by molar-refractivity contribution is -0.156. The summed E-state index contributed by atoms with van der Waals surface area (Å²) >= 11 is 0. The zero-order chi connectivity index (χ0) is 32.0. The second kappa shape index (κ2) is 11.5. The molecule has 5 rings (SSSR count). The molecule has 0 N–H and O–H groups in total. The molecule has 44 heavy (non-hydrogen) atoms. The van der Waals surface area contributed by atoms with Gasteiger partial charge in [-0.1, -0.05) is 6.07 Å². The summed E-state index contributed by atoms with van der Waals surface area (Å²) in [6.07, 6.45) is -3.27. The van der Waals surface area contributed by atoms with Crippen LogP contribution in [0.1, 0.15) is 26.3 Å². The number of piperazine rings is 1. The van der Waals surface area contributed by atoms with Gasteiger partial charge in [-0.15, -0.1) is 0 Å². The maximum absolute atomic E-state index is 14.4. The van der Waals surface area contributed by atoms with Gasteiger partial charge in [-0.2, -0.15) is 13.2 Å². The van der Waals surface area contributed by atoms with Crippen LogP contribution >= 0.6 is 0 Å². The van der Waals surface area contributed by atoms with Gasteiger partial charge in [0.15, 0.2) is 5.82 Å². The Morgan fingerprint density at radius 1 is 1.05 bits per heavy atom. The number of methoxy groups -OCH3 is 1. The van der Waals surface area contributed by atoms with Gasteiger partial charge in [0.05, 0.1) is 42.4 Å². The van der Waals surface area contributed by atoms with Crippen LogP contribution in [-0.2, 0) is 25.7 Å². The van der Waals surface area contributed by atoms with Gasteiger partial charge in [-0.3, -0.25) is 14.0 Å². The fraction of sp³-hybridized carbons (Fsp3) is 0.400. The Morgan fingerprint density at radius 2 is 1.80 bits per heavy atom. The number of pyridine rings is 1. The molecule has 0 amide bonds. The quantitative estimate of drug-likeness (QED) is 0.266. The molecule has 1 atom stereocenters. The number of nitrogens with zero attached hydrogens (tertiary/aromatic N) is 4. The van der Waals surface area contributed by atoms with Crippen molar-refractivity contribution in [2.24, 2.45) is 0 Å². The van der Waals surface area contributed by atoms with Gasteiger partial charge in [0, 0.05) is 37.5 Å². The van der Waals surface area contributed by atoms with Crippen molar-refractivity contribution in [2.45, 2.75) is 43.4 Å². The first-order valence-corrected chi connectivity index (χ1v) is 15.3.